The summed E-state index contributed by atoms with van der Waals surface area (Å²) in [5.74, 6) is 1.15. The van der Waals surface area contributed by atoms with Gasteiger partial charge in [-0.1, -0.05) is 0 Å². The van der Waals surface area contributed by atoms with Crippen molar-refractivity contribution in [2.24, 2.45) is 11.8 Å². The summed E-state index contributed by atoms with van der Waals surface area (Å²) in [5.41, 5.74) is 1.13. The van der Waals surface area contributed by atoms with Crippen molar-refractivity contribution in [2.45, 2.75) is 32.6 Å². The van der Waals surface area contributed by atoms with Crippen molar-refractivity contribution in [1.29, 1.82) is 0 Å². The van der Waals surface area contributed by atoms with Gasteiger partial charge in [-0.3, -0.25) is 4.79 Å². The Bertz CT molecular complexity index is 478. The second kappa shape index (κ2) is 4.95. The quantitative estimate of drug-likeness (QED) is 0.728. The molecular formula is C16H20FNO. The van der Waals surface area contributed by atoms with Crippen LogP contribution in [0.1, 0.15) is 43.0 Å². The maximum absolute atomic E-state index is 14.2. The van der Waals surface area contributed by atoms with Gasteiger partial charge in [-0.2, -0.15) is 0 Å². The van der Waals surface area contributed by atoms with Crippen molar-refractivity contribution in [2.75, 3.05) is 18.0 Å². The van der Waals surface area contributed by atoms with Gasteiger partial charge in [0.05, 0.1) is 5.69 Å². The maximum Gasteiger partial charge on any atom is 0.159 e. The van der Waals surface area contributed by atoms with Gasteiger partial charge < -0.3 is 4.90 Å². The molecule has 0 unspecified atom stereocenters. The lowest BCUT2D eigenvalue weighted by atomic mass is 10.1. The number of hydrogen-bond donors (Lipinski definition) is 0. The van der Waals surface area contributed by atoms with Crippen LogP contribution in [0.4, 0.5) is 10.1 Å². The molecule has 2 aliphatic carbocycles. The van der Waals surface area contributed by atoms with Gasteiger partial charge in [0.1, 0.15) is 5.82 Å². The Kier molecular flexibility index (Phi) is 3.29. The molecule has 0 aliphatic heterocycles. The molecule has 102 valence electrons. The summed E-state index contributed by atoms with van der Waals surface area (Å²) in [4.78, 5) is 13.5. The van der Waals surface area contributed by atoms with E-state index in [-0.39, 0.29) is 11.6 Å². The zero-order valence-corrected chi connectivity index (χ0v) is 11.4. The zero-order valence-electron chi connectivity index (χ0n) is 11.4. The summed E-state index contributed by atoms with van der Waals surface area (Å²) in [6.07, 6.45) is 5.09. The van der Waals surface area contributed by atoms with Crippen molar-refractivity contribution < 1.29 is 9.18 Å². The molecule has 0 N–H and O–H groups in total. The summed E-state index contributed by atoms with van der Waals surface area (Å²) in [6, 6.07) is 4.90. The number of rotatable bonds is 6. The Labute approximate surface area is 113 Å². The second-order valence-corrected chi connectivity index (χ2v) is 6.01. The fourth-order valence-electron chi connectivity index (χ4n) is 2.48. The molecular weight excluding hydrogens is 241 g/mol. The number of carbonyl (C=O) groups is 1. The van der Waals surface area contributed by atoms with Crippen LogP contribution in [0, 0.1) is 17.7 Å². The highest BCUT2D eigenvalue weighted by Gasteiger charge is 2.30. The van der Waals surface area contributed by atoms with Gasteiger partial charge in [0.25, 0.3) is 0 Å². The molecule has 0 radical (unpaired) electrons. The molecule has 2 saturated carbocycles. The molecule has 0 spiro atoms. The summed E-state index contributed by atoms with van der Waals surface area (Å²) >= 11 is 0. The van der Waals surface area contributed by atoms with Gasteiger partial charge >= 0.3 is 0 Å². The van der Waals surface area contributed by atoms with Crippen LogP contribution in [0.5, 0.6) is 0 Å². The van der Waals surface area contributed by atoms with E-state index in [0.717, 1.165) is 24.9 Å². The maximum atomic E-state index is 14.2. The molecule has 3 heteroatoms. The van der Waals surface area contributed by atoms with E-state index in [1.165, 1.54) is 38.7 Å². The number of nitrogens with zero attached hydrogens (tertiary/aromatic N) is 1. The lowest BCUT2D eigenvalue weighted by molar-refractivity contribution is 0.101. The van der Waals surface area contributed by atoms with Crippen molar-refractivity contribution >= 4 is 11.5 Å². The van der Waals surface area contributed by atoms with Gasteiger partial charge in [0.2, 0.25) is 0 Å². The summed E-state index contributed by atoms with van der Waals surface area (Å²) in [7, 11) is 0. The van der Waals surface area contributed by atoms with E-state index in [1.807, 2.05) is 0 Å². The molecule has 0 amide bonds. The fraction of sp³-hybridized carbons (Fsp3) is 0.562. The van der Waals surface area contributed by atoms with Crippen molar-refractivity contribution in [1.82, 2.24) is 0 Å². The molecule has 2 nitrogen and oxygen atoms in total. The predicted molar refractivity (Wildman–Crippen MR) is 74.1 cm³/mol. The minimum Gasteiger partial charge on any atom is -0.369 e. The van der Waals surface area contributed by atoms with Crippen LogP contribution in [-0.4, -0.2) is 18.9 Å². The number of anilines is 1. The van der Waals surface area contributed by atoms with E-state index in [4.69, 9.17) is 0 Å². The number of carbonyl (C=O) groups excluding carboxylic acids is 1. The molecule has 1 aromatic carbocycles. The molecule has 0 aromatic heterocycles. The van der Waals surface area contributed by atoms with Crippen LogP contribution < -0.4 is 4.90 Å². The minimum atomic E-state index is -0.256. The van der Waals surface area contributed by atoms with Crippen molar-refractivity contribution in [3.8, 4) is 0 Å². The van der Waals surface area contributed by atoms with E-state index in [0.29, 0.717) is 11.3 Å². The van der Waals surface area contributed by atoms with Crippen LogP contribution in [0.2, 0.25) is 0 Å². The second-order valence-electron chi connectivity index (χ2n) is 6.01. The lowest BCUT2D eigenvalue weighted by Crippen LogP contribution is -2.29. The first kappa shape index (κ1) is 12.6. The minimum absolute atomic E-state index is 0.0821. The highest BCUT2D eigenvalue weighted by Crippen LogP contribution is 2.36. The van der Waals surface area contributed by atoms with Gasteiger partial charge in [-0.05, 0) is 62.6 Å². The van der Waals surface area contributed by atoms with Crippen LogP contribution in [0.3, 0.4) is 0 Å². The first-order valence-electron chi connectivity index (χ1n) is 7.19. The first-order valence-corrected chi connectivity index (χ1v) is 7.19. The Balaban J connectivity index is 1.80. The van der Waals surface area contributed by atoms with Crippen molar-refractivity contribution in [3.63, 3.8) is 0 Å². The van der Waals surface area contributed by atoms with Crippen LogP contribution in [-0.2, 0) is 0 Å². The summed E-state index contributed by atoms with van der Waals surface area (Å²) in [6.45, 7) is 3.40. The fourth-order valence-corrected chi connectivity index (χ4v) is 2.48. The highest BCUT2D eigenvalue weighted by atomic mass is 19.1. The number of benzene rings is 1. The molecule has 0 bridgehead atoms. The average Bonchev–Trinajstić information content (AvgIpc) is 3.23. The SMILES string of the molecule is CC(=O)c1ccc(N(CC2CC2)CC2CC2)c(F)c1. The first-order chi connectivity index (χ1) is 9.13. The number of ketones is 1. The monoisotopic (exact) mass is 261 g/mol. The molecule has 0 saturated heterocycles. The zero-order chi connectivity index (χ0) is 13.4. The Morgan fingerprint density at radius 2 is 1.79 bits per heavy atom. The number of halogens is 1. The van der Waals surface area contributed by atoms with E-state index in [9.17, 15) is 9.18 Å². The number of Topliss-reactive ketones (excluding diaryl/α,β-unsaturated/α-hetero) is 1. The van der Waals surface area contributed by atoms with Crippen LogP contribution in [0.15, 0.2) is 18.2 Å². The topological polar surface area (TPSA) is 20.3 Å². The molecule has 0 atom stereocenters. The number of hydrogen-bond acceptors (Lipinski definition) is 2. The van der Waals surface area contributed by atoms with E-state index >= 15 is 0 Å². The van der Waals surface area contributed by atoms with Crippen molar-refractivity contribution in [3.05, 3.63) is 29.6 Å². The third-order valence-corrected chi connectivity index (χ3v) is 4.05. The van der Waals surface area contributed by atoms with Crippen LogP contribution >= 0.6 is 0 Å². The normalized spacial score (nSPS) is 18.4. The van der Waals surface area contributed by atoms with Crippen LogP contribution in [0.25, 0.3) is 0 Å². The molecule has 19 heavy (non-hydrogen) atoms. The summed E-state index contributed by atoms with van der Waals surface area (Å²) < 4.78 is 14.2. The lowest BCUT2D eigenvalue weighted by Gasteiger charge is -2.25. The Morgan fingerprint density at radius 3 is 2.21 bits per heavy atom. The Hall–Kier alpha value is -1.38. The molecule has 1 aromatic rings. The summed E-state index contributed by atoms with van der Waals surface area (Å²) in [5, 5.41) is 0. The Morgan fingerprint density at radius 1 is 1.21 bits per heavy atom. The van der Waals surface area contributed by atoms with E-state index in [1.54, 1.807) is 12.1 Å². The van der Waals surface area contributed by atoms with Gasteiger partial charge in [0, 0.05) is 18.7 Å². The third kappa shape index (κ3) is 3.14. The van der Waals surface area contributed by atoms with E-state index < -0.39 is 0 Å². The molecule has 0 heterocycles. The van der Waals surface area contributed by atoms with Gasteiger partial charge in [0.15, 0.2) is 5.78 Å². The molecule has 2 fully saturated rings. The standard InChI is InChI=1S/C16H20FNO/c1-11(19)14-6-7-16(15(17)8-14)18(9-12-2-3-12)10-13-4-5-13/h6-8,12-13H,2-5,9-10H2,1H3. The predicted octanol–water partition coefficient (Wildman–Crippen LogP) is 3.65. The largest absolute Gasteiger partial charge is 0.369 e. The van der Waals surface area contributed by atoms with E-state index in [2.05, 4.69) is 4.90 Å². The smallest absolute Gasteiger partial charge is 0.159 e. The third-order valence-electron chi connectivity index (χ3n) is 4.05. The highest BCUT2D eigenvalue weighted by molar-refractivity contribution is 5.94. The van der Waals surface area contributed by atoms with Gasteiger partial charge in [-0.25, -0.2) is 4.39 Å². The molecule has 2 aliphatic rings. The molecule has 3 rings (SSSR count). The van der Waals surface area contributed by atoms with Gasteiger partial charge in [-0.15, -0.1) is 0 Å². The average molecular weight is 261 g/mol.